The molecule has 0 radical (unpaired) electrons. The van der Waals surface area contributed by atoms with Crippen molar-refractivity contribution in [1.82, 2.24) is 4.90 Å². The van der Waals surface area contributed by atoms with Crippen molar-refractivity contribution in [1.29, 1.82) is 0 Å². The molecule has 1 saturated heterocycles. The second kappa shape index (κ2) is 7.96. The van der Waals surface area contributed by atoms with Crippen LogP contribution in [0.25, 0.3) is 0 Å². The number of nitro groups is 1. The smallest absolute Gasteiger partial charge is 0.330 e. The predicted octanol–water partition coefficient (Wildman–Crippen LogP) is 2.46. The fourth-order valence-electron chi connectivity index (χ4n) is 5.16. The standard InChI is InChI=1S/C23H24N2O7/c1-11(2)20(24-21(27)18-14-6-7-15(8-14)19(18)22(24)28)23(29)32-10-17(26)13-5-4-12(3)16(9-13)25(30)31/h4-7,9,11,14-15,18-20H,8,10H2,1-3H3/t14-,15-,18-,19+,20+/m0/s1. The van der Waals surface area contributed by atoms with Crippen LogP contribution in [-0.4, -0.2) is 46.0 Å². The molecular weight excluding hydrogens is 416 g/mol. The van der Waals surface area contributed by atoms with Crippen LogP contribution in [0.1, 0.15) is 36.2 Å². The Balaban J connectivity index is 1.48. The lowest BCUT2D eigenvalue weighted by Gasteiger charge is -2.28. The Morgan fingerprint density at radius 1 is 1.16 bits per heavy atom. The summed E-state index contributed by atoms with van der Waals surface area (Å²) in [6.07, 6.45) is 4.74. The molecule has 4 rings (SSSR count). The van der Waals surface area contributed by atoms with Crippen molar-refractivity contribution < 1.29 is 28.8 Å². The van der Waals surface area contributed by atoms with E-state index in [9.17, 15) is 29.3 Å². The molecule has 9 heteroatoms. The summed E-state index contributed by atoms with van der Waals surface area (Å²) in [5, 5.41) is 11.1. The summed E-state index contributed by atoms with van der Waals surface area (Å²) in [5.41, 5.74) is 0.246. The Hall–Kier alpha value is -3.36. The Bertz CT molecular complexity index is 1030. The summed E-state index contributed by atoms with van der Waals surface area (Å²) in [4.78, 5) is 63.0. The maximum absolute atomic E-state index is 13.1. The van der Waals surface area contributed by atoms with Crippen molar-refractivity contribution in [2.75, 3.05) is 6.61 Å². The van der Waals surface area contributed by atoms with Crippen LogP contribution in [-0.2, 0) is 19.1 Å². The summed E-state index contributed by atoms with van der Waals surface area (Å²) in [5.74, 6) is -3.37. The maximum atomic E-state index is 13.1. The van der Waals surface area contributed by atoms with Gasteiger partial charge in [-0.1, -0.05) is 38.1 Å². The predicted molar refractivity (Wildman–Crippen MR) is 111 cm³/mol. The molecule has 0 aromatic heterocycles. The highest BCUT2D eigenvalue weighted by atomic mass is 16.6. The van der Waals surface area contributed by atoms with E-state index in [0.717, 1.165) is 17.4 Å². The lowest BCUT2D eigenvalue weighted by Crippen LogP contribution is -2.50. The van der Waals surface area contributed by atoms with Crippen LogP contribution in [0.2, 0.25) is 0 Å². The average Bonchev–Trinajstić information content (AvgIpc) is 3.42. The topological polar surface area (TPSA) is 124 Å². The lowest BCUT2D eigenvalue weighted by atomic mass is 9.85. The minimum atomic E-state index is -1.12. The number of Topliss-reactive ketones (excluding diaryl/α,β-unsaturated/α-hetero) is 1. The average molecular weight is 440 g/mol. The molecule has 1 aromatic carbocycles. The Morgan fingerprint density at radius 3 is 2.28 bits per heavy atom. The number of esters is 1. The number of fused-ring (bicyclic) bond motifs is 5. The second-order valence-electron chi connectivity index (χ2n) is 9.02. The van der Waals surface area contributed by atoms with Gasteiger partial charge >= 0.3 is 5.97 Å². The number of imide groups is 1. The Kier molecular flexibility index (Phi) is 5.44. The summed E-state index contributed by atoms with van der Waals surface area (Å²) in [6, 6.07) is 2.89. The van der Waals surface area contributed by atoms with Crippen molar-refractivity contribution in [3.8, 4) is 0 Å². The summed E-state index contributed by atoms with van der Waals surface area (Å²) in [6.45, 7) is 4.33. The van der Waals surface area contributed by atoms with Gasteiger partial charge < -0.3 is 4.74 Å². The molecule has 0 N–H and O–H groups in total. The van der Waals surface area contributed by atoms with Gasteiger partial charge in [-0.15, -0.1) is 0 Å². The van der Waals surface area contributed by atoms with Gasteiger partial charge in [0, 0.05) is 17.2 Å². The number of ether oxygens (including phenoxy) is 1. The number of hydrogen-bond acceptors (Lipinski definition) is 7. The number of ketones is 1. The fraction of sp³-hybridized carbons (Fsp3) is 0.478. The van der Waals surface area contributed by atoms with Gasteiger partial charge in [0.05, 0.1) is 16.8 Å². The number of carbonyl (C=O) groups excluding carboxylic acids is 4. The molecule has 2 bridgehead atoms. The quantitative estimate of drug-likeness (QED) is 0.159. The highest BCUT2D eigenvalue weighted by Gasteiger charge is 2.61. The first kappa shape index (κ1) is 21.9. The molecule has 0 spiro atoms. The number of benzene rings is 1. The van der Waals surface area contributed by atoms with E-state index in [2.05, 4.69) is 0 Å². The number of likely N-dealkylation sites (tertiary alicyclic amines) is 1. The maximum Gasteiger partial charge on any atom is 0.330 e. The zero-order valence-corrected chi connectivity index (χ0v) is 18.0. The Morgan fingerprint density at radius 2 is 1.75 bits per heavy atom. The molecule has 2 amide bonds. The van der Waals surface area contributed by atoms with Crippen LogP contribution in [0.5, 0.6) is 0 Å². The molecule has 32 heavy (non-hydrogen) atoms. The monoisotopic (exact) mass is 440 g/mol. The molecule has 9 nitrogen and oxygen atoms in total. The van der Waals surface area contributed by atoms with Crippen molar-refractivity contribution in [2.24, 2.45) is 29.6 Å². The van der Waals surface area contributed by atoms with Crippen LogP contribution in [0, 0.1) is 46.6 Å². The molecule has 3 aliphatic rings. The minimum absolute atomic E-state index is 0.0224. The van der Waals surface area contributed by atoms with E-state index < -0.39 is 47.1 Å². The molecule has 5 atom stereocenters. The Labute approximate surface area is 184 Å². The number of carbonyl (C=O) groups is 4. The SMILES string of the molecule is Cc1ccc(C(=O)COC(=O)[C@@H](C(C)C)N2C(=O)[C@@H]3[C@H](C2=O)[C@H]2C=C[C@H]3C2)cc1[N+](=O)[O-]. The van der Waals surface area contributed by atoms with Crippen LogP contribution in [0.15, 0.2) is 30.4 Å². The molecule has 1 aromatic rings. The van der Waals surface area contributed by atoms with Gasteiger partial charge in [0.2, 0.25) is 17.6 Å². The van der Waals surface area contributed by atoms with E-state index in [4.69, 9.17) is 4.74 Å². The number of allylic oxidation sites excluding steroid dienone is 2. The summed E-state index contributed by atoms with van der Waals surface area (Å²) < 4.78 is 5.19. The molecule has 1 saturated carbocycles. The van der Waals surface area contributed by atoms with E-state index in [1.165, 1.54) is 12.1 Å². The van der Waals surface area contributed by atoms with E-state index in [1.807, 2.05) is 12.2 Å². The van der Waals surface area contributed by atoms with Gasteiger partial charge in [-0.25, -0.2) is 4.79 Å². The van der Waals surface area contributed by atoms with E-state index in [-0.39, 0.29) is 34.9 Å². The van der Waals surface area contributed by atoms with Crippen molar-refractivity contribution in [2.45, 2.75) is 33.2 Å². The van der Waals surface area contributed by atoms with Gasteiger partial charge in [0.15, 0.2) is 6.61 Å². The fourth-order valence-corrected chi connectivity index (χ4v) is 5.16. The first-order valence-electron chi connectivity index (χ1n) is 10.6. The largest absolute Gasteiger partial charge is 0.456 e. The second-order valence-corrected chi connectivity index (χ2v) is 9.02. The normalized spacial score (nSPS) is 26.6. The third-order valence-corrected chi connectivity index (χ3v) is 6.73. The molecular formula is C23H24N2O7. The first-order chi connectivity index (χ1) is 15.1. The van der Waals surface area contributed by atoms with E-state index in [1.54, 1.807) is 20.8 Å². The first-order valence-corrected chi connectivity index (χ1v) is 10.6. The minimum Gasteiger partial charge on any atom is -0.456 e. The highest BCUT2D eigenvalue weighted by Crippen LogP contribution is 2.53. The third-order valence-electron chi connectivity index (χ3n) is 6.73. The van der Waals surface area contributed by atoms with Crippen molar-refractivity contribution in [3.63, 3.8) is 0 Å². The number of rotatable bonds is 7. The number of amides is 2. The van der Waals surface area contributed by atoms with Gasteiger partial charge in [0.1, 0.15) is 6.04 Å². The molecule has 2 aliphatic carbocycles. The zero-order valence-electron chi connectivity index (χ0n) is 18.0. The van der Waals surface area contributed by atoms with E-state index >= 15 is 0 Å². The van der Waals surface area contributed by atoms with Crippen molar-refractivity contribution >= 4 is 29.3 Å². The van der Waals surface area contributed by atoms with Gasteiger partial charge in [0.25, 0.3) is 5.69 Å². The molecule has 0 unspecified atom stereocenters. The molecule has 1 aliphatic heterocycles. The van der Waals surface area contributed by atoms with Crippen LogP contribution >= 0.6 is 0 Å². The van der Waals surface area contributed by atoms with Crippen LogP contribution in [0.4, 0.5) is 5.69 Å². The van der Waals surface area contributed by atoms with E-state index in [0.29, 0.717) is 5.56 Å². The van der Waals surface area contributed by atoms with Crippen molar-refractivity contribution in [3.05, 3.63) is 51.6 Å². The summed E-state index contributed by atoms with van der Waals surface area (Å²) >= 11 is 0. The number of nitrogens with zero attached hydrogens (tertiary/aromatic N) is 2. The molecule has 1 heterocycles. The van der Waals surface area contributed by atoms with Crippen LogP contribution < -0.4 is 0 Å². The van der Waals surface area contributed by atoms with Crippen LogP contribution in [0.3, 0.4) is 0 Å². The number of hydrogen-bond donors (Lipinski definition) is 0. The third kappa shape index (κ3) is 3.41. The number of aryl methyl sites for hydroxylation is 1. The highest BCUT2D eigenvalue weighted by molar-refractivity contribution is 6.09. The van der Waals surface area contributed by atoms with Gasteiger partial charge in [-0.2, -0.15) is 0 Å². The molecule has 2 fully saturated rings. The lowest BCUT2D eigenvalue weighted by molar-refractivity contribution is -0.385. The number of nitro benzene ring substituents is 1. The zero-order chi connectivity index (χ0) is 23.3. The van der Waals surface area contributed by atoms with Gasteiger partial charge in [-0.05, 0) is 31.1 Å². The molecule has 168 valence electrons. The summed E-state index contributed by atoms with van der Waals surface area (Å²) in [7, 11) is 0. The van der Waals surface area contributed by atoms with Gasteiger partial charge in [-0.3, -0.25) is 29.4 Å².